The maximum absolute atomic E-state index is 14.4. The standard InChI is InChI=1S/C59H62N14O12S5/c1-28(2)44-57-71-48(39(90-57)24-85-5)51(80)61-23-42(75)68-47(49(78)30-10-7-6-8-11-30)33-15-16-34(62-33)54-65-37(25-87-54)46-32(53-66-38(26-86-53)50(79)64-36(22-41(74)60-4)56-70-45(29(3)89-56)52(81)69-44)13-14-35(63-46)55-67-40(27-88-55)73(19-9-12-43(76)77)59(84)72-20-17-31(18-21-72)58(82)83/h6-8,10-11,13-14,16,25-28,31,36,44,47,49,78H,9,12,15,17-24H2,1-5H3,(H,60,74)(H,61,80)(H,64,79)(H,68,75)(H,69,81)(H,76,77)(H,82,83)/t36-,44?,47+,49-/m0/s1. The first-order chi connectivity index (χ1) is 43.3. The number of urea groups is 1. The zero-order chi connectivity index (χ0) is 63.9. The van der Waals surface area contributed by atoms with E-state index in [0.717, 1.165) is 34.0 Å². The van der Waals surface area contributed by atoms with Gasteiger partial charge in [0.15, 0.2) is 0 Å². The van der Waals surface area contributed by atoms with Crippen molar-refractivity contribution in [1.82, 2.24) is 61.4 Å². The summed E-state index contributed by atoms with van der Waals surface area (Å²) in [7, 11) is 2.92. The molecule has 31 heteroatoms. The van der Waals surface area contributed by atoms with Gasteiger partial charge in [-0.1, -0.05) is 44.2 Å². The summed E-state index contributed by atoms with van der Waals surface area (Å²) >= 11 is 5.86. The average Bonchev–Trinajstić information content (AvgIpc) is 1.76. The lowest BCUT2D eigenvalue weighted by molar-refractivity contribution is -0.143. The minimum Gasteiger partial charge on any atom is -0.481 e. The first-order valence-electron chi connectivity index (χ1n) is 28.5. The number of likely N-dealkylation sites (tertiary alicyclic amines) is 1. The molecule has 0 aliphatic carbocycles. The molecule has 7 amide bonds. The van der Waals surface area contributed by atoms with Crippen LogP contribution >= 0.6 is 56.7 Å². The summed E-state index contributed by atoms with van der Waals surface area (Å²) < 4.78 is 5.46. The smallest absolute Gasteiger partial charge is 0.325 e. The monoisotopic (exact) mass is 1320 g/mol. The fourth-order valence-corrected chi connectivity index (χ4v) is 14.8. The Morgan fingerprint density at radius 3 is 2.22 bits per heavy atom. The van der Waals surface area contributed by atoms with Crippen molar-refractivity contribution in [3.63, 3.8) is 0 Å². The topological polar surface area (TPSA) is 363 Å². The van der Waals surface area contributed by atoms with Gasteiger partial charge in [-0.05, 0) is 55.9 Å². The molecular formula is C59H62N14O12S5. The second kappa shape index (κ2) is 28.5. The molecule has 1 saturated heterocycles. The molecular weight excluding hydrogens is 1260 g/mol. The summed E-state index contributed by atoms with van der Waals surface area (Å²) in [5.74, 6) is -5.56. The number of aromatic nitrogens is 6. The van der Waals surface area contributed by atoms with Crippen molar-refractivity contribution >= 4 is 121 Å². The van der Waals surface area contributed by atoms with E-state index in [2.05, 4.69) is 26.6 Å². The van der Waals surface area contributed by atoms with Gasteiger partial charge in [0.25, 0.3) is 17.7 Å². The number of thiazole rings is 5. The van der Waals surface area contributed by atoms with Crippen LogP contribution in [0.3, 0.4) is 0 Å². The molecule has 1 fully saturated rings. The Bertz CT molecular complexity index is 3940. The Morgan fingerprint density at radius 1 is 0.778 bits per heavy atom. The van der Waals surface area contributed by atoms with Gasteiger partial charge in [-0.15, -0.1) is 56.7 Å². The molecule has 3 aliphatic rings. The van der Waals surface area contributed by atoms with E-state index in [-0.39, 0.29) is 98.6 Å². The van der Waals surface area contributed by atoms with Crippen LogP contribution in [0.4, 0.5) is 10.6 Å². The van der Waals surface area contributed by atoms with E-state index in [1.807, 2.05) is 19.9 Å². The number of benzene rings is 1. The van der Waals surface area contributed by atoms with Crippen LogP contribution in [0.25, 0.3) is 38.4 Å². The Hall–Kier alpha value is -8.59. The summed E-state index contributed by atoms with van der Waals surface area (Å²) in [6, 6.07) is 8.91. The number of ether oxygens (including phenoxy) is 1. The number of anilines is 1. The molecule has 90 heavy (non-hydrogen) atoms. The molecule has 1 unspecified atom stereocenters. The third-order valence-corrected chi connectivity index (χ3v) is 19.8. The Balaban J connectivity index is 1.04. The second-order valence-corrected chi connectivity index (χ2v) is 26.4. The van der Waals surface area contributed by atoms with E-state index in [9.17, 15) is 53.7 Å². The molecule has 0 radical (unpaired) electrons. The summed E-state index contributed by atoms with van der Waals surface area (Å²) in [5.41, 5.74) is 2.83. The number of carbonyl (C=O) groups is 8. The van der Waals surface area contributed by atoms with E-state index in [4.69, 9.17) is 39.6 Å². The molecule has 3 aliphatic heterocycles. The number of pyridine rings is 1. The summed E-state index contributed by atoms with van der Waals surface area (Å²) in [4.78, 5) is 145. The molecule has 10 bridgehead atoms. The number of aryl methyl sites for hydroxylation is 1. The highest BCUT2D eigenvalue weighted by Gasteiger charge is 2.35. The molecule has 9 heterocycles. The fraction of sp³-hybridized carbons (Fsp3) is 0.373. The number of carboxylic acid groups (broad SMARTS) is 2. The van der Waals surface area contributed by atoms with Gasteiger partial charge in [0, 0.05) is 78.9 Å². The number of carbonyl (C=O) groups excluding carboxylic acids is 6. The molecule has 0 saturated carbocycles. The lowest BCUT2D eigenvalue weighted by Crippen LogP contribution is -2.48. The molecule has 7 aromatic rings. The molecule has 1 aromatic carbocycles. The number of aliphatic imine (C=N–C) groups is 1. The van der Waals surface area contributed by atoms with E-state index in [0.29, 0.717) is 69.4 Å². The normalized spacial score (nSPS) is 17.9. The Kier molecular flexibility index (Phi) is 20.4. The van der Waals surface area contributed by atoms with Crippen LogP contribution < -0.4 is 31.5 Å². The number of aliphatic hydroxyl groups is 1. The van der Waals surface area contributed by atoms with Gasteiger partial charge in [0.05, 0.1) is 59.9 Å². The van der Waals surface area contributed by atoms with Gasteiger partial charge >= 0.3 is 18.0 Å². The minimum absolute atomic E-state index is 0.00746. The lowest BCUT2D eigenvalue weighted by atomic mass is 9.97. The van der Waals surface area contributed by atoms with Gasteiger partial charge < -0.3 is 51.5 Å². The number of carboxylic acids is 2. The number of aliphatic carboxylic acids is 2. The minimum atomic E-state index is -1.29. The second-order valence-electron chi connectivity index (χ2n) is 21.5. The number of nitrogens with zero attached hydrogens (tertiary/aromatic N) is 9. The van der Waals surface area contributed by atoms with Crippen molar-refractivity contribution in [2.75, 3.05) is 45.2 Å². The van der Waals surface area contributed by atoms with Crippen molar-refractivity contribution in [3.05, 3.63) is 112 Å². The number of amides is 7. The number of piperidine rings is 1. The first-order valence-corrected chi connectivity index (χ1v) is 32.8. The van der Waals surface area contributed by atoms with Crippen LogP contribution in [0.15, 0.2) is 69.7 Å². The van der Waals surface area contributed by atoms with E-state index in [1.165, 1.54) is 41.7 Å². The molecule has 8 N–H and O–H groups in total. The third-order valence-electron chi connectivity index (χ3n) is 15.0. The van der Waals surface area contributed by atoms with Gasteiger partial charge in [-0.2, -0.15) is 0 Å². The predicted molar refractivity (Wildman–Crippen MR) is 338 cm³/mol. The van der Waals surface area contributed by atoms with Crippen LogP contribution in [-0.4, -0.2) is 150 Å². The van der Waals surface area contributed by atoms with Crippen LogP contribution in [0.1, 0.15) is 132 Å². The molecule has 10 rings (SSSR count). The van der Waals surface area contributed by atoms with Crippen LogP contribution in [-0.2, 0) is 30.5 Å². The van der Waals surface area contributed by atoms with E-state index < -0.39 is 84.2 Å². The Morgan fingerprint density at radius 2 is 1.50 bits per heavy atom. The largest absolute Gasteiger partial charge is 0.481 e. The predicted octanol–water partition coefficient (Wildman–Crippen LogP) is 7.29. The summed E-state index contributed by atoms with van der Waals surface area (Å²) in [6.07, 6.45) is 0.902. The van der Waals surface area contributed by atoms with Crippen LogP contribution in [0, 0.1) is 18.8 Å². The van der Waals surface area contributed by atoms with Gasteiger partial charge in [0.1, 0.15) is 65.4 Å². The van der Waals surface area contributed by atoms with Crippen molar-refractivity contribution in [1.29, 1.82) is 0 Å². The summed E-state index contributed by atoms with van der Waals surface area (Å²) in [6.45, 7) is 5.30. The molecule has 26 nitrogen and oxygen atoms in total. The van der Waals surface area contributed by atoms with Crippen molar-refractivity contribution in [2.45, 2.75) is 90.1 Å². The molecule has 6 aromatic heterocycles. The van der Waals surface area contributed by atoms with E-state index >= 15 is 0 Å². The van der Waals surface area contributed by atoms with Gasteiger partial charge in [-0.25, -0.2) is 34.7 Å². The number of allylic oxidation sites excluding steroid dienone is 1. The van der Waals surface area contributed by atoms with Gasteiger partial charge in [-0.3, -0.25) is 43.5 Å². The zero-order valence-electron chi connectivity index (χ0n) is 49.2. The zero-order valence-corrected chi connectivity index (χ0v) is 53.3. The average molecular weight is 1320 g/mol. The van der Waals surface area contributed by atoms with Crippen molar-refractivity contribution < 1.29 is 58.4 Å². The highest BCUT2D eigenvalue weighted by Crippen LogP contribution is 2.40. The number of methoxy groups -OCH3 is 1. The SMILES string of the molecule is CNC(=O)C[C@@H]1NC(=O)c2csc(n2)-c2ccc(-c3nc(N(CCCC(=O)O)C(=O)N4CCC(C(=O)O)CC4)cs3)nc2-c2csc(n2)C2=CCC(=N2)[C@H]([C@@H](O)c2ccccc2)NC(=O)CNC(=O)c2nc(sc2COC)C(C(C)C)NC(=O)c2nc1sc2C. The number of hydrogen-bond donors (Lipinski definition) is 8. The number of rotatable bonds is 14. The number of aliphatic hydroxyl groups excluding tert-OH is 1. The molecule has 470 valence electrons. The number of fused-ring (bicyclic) bond motifs is 13. The summed E-state index contributed by atoms with van der Waals surface area (Å²) in [5, 5.41) is 52.0. The number of hydrogen-bond acceptors (Lipinski definition) is 22. The Labute approximate surface area is 535 Å². The first kappa shape index (κ1) is 64.4. The number of nitrogens with one attached hydrogen (secondary N) is 5. The highest BCUT2D eigenvalue weighted by atomic mass is 32.1. The maximum atomic E-state index is 14.4. The van der Waals surface area contributed by atoms with Crippen molar-refractivity contribution in [3.8, 4) is 32.7 Å². The lowest BCUT2D eigenvalue weighted by Gasteiger charge is -2.34. The molecule has 0 spiro atoms. The van der Waals surface area contributed by atoms with E-state index in [1.54, 1.807) is 70.4 Å². The fourth-order valence-electron chi connectivity index (χ4n) is 10.2. The quantitative estimate of drug-likeness (QED) is 0.0529. The molecule has 4 atom stereocenters. The van der Waals surface area contributed by atoms with Crippen molar-refractivity contribution in [2.24, 2.45) is 16.8 Å². The van der Waals surface area contributed by atoms with Gasteiger partial charge in [0.2, 0.25) is 11.8 Å². The van der Waals surface area contributed by atoms with Crippen LogP contribution in [0.2, 0.25) is 0 Å². The van der Waals surface area contributed by atoms with Crippen LogP contribution in [0.5, 0.6) is 0 Å². The third kappa shape index (κ3) is 14.7. The maximum Gasteiger partial charge on any atom is 0.325 e. The highest BCUT2D eigenvalue weighted by molar-refractivity contribution is 7.14.